The van der Waals surface area contributed by atoms with Gasteiger partial charge in [-0.05, 0) is 13.0 Å². The zero-order valence-corrected chi connectivity index (χ0v) is 10.3. The molecule has 17 heavy (non-hydrogen) atoms. The Morgan fingerprint density at radius 1 is 1.41 bits per heavy atom. The van der Waals surface area contributed by atoms with Crippen molar-refractivity contribution in [2.45, 2.75) is 25.9 Å². The van der Waals surface area contributed by atoms with Crippen LogP contribution in [-0.4, -0.2) is 37.9 Å². The van der Waals surface area contributed by atoms with Crippen molar-refractivity contribution in [2.75, 3.05) is 32.9 Å². The molecular weight excluding hydrogens is 220 g/mol. The van der Waals surface area contributed by atoms with Gasteiger partial charge in [-0.25, -0.2) is 4.98 Å². The van der Waals surface area contributed by atoms with Crippen molar-refractivity contribution in [1.29, 1.82) is 0 Å². The third kappa shape index (κ3) is 3.80. The highest BCUT2D eigenvalue weighted by molar-refractivity contribution is 4.99. The third-order valence-electron chi connectivity index (χ3n) is 2.65. The summed E-state index contributed by atoms with van der Waals surface area (Å²) in [4.78, 5) is 4.25. The maximum absolute atomic E-state index is 5.65. The van der Waals surface area contributed by atoms with E-state index in [9.17, 15) is 0 Å². The van der Waals surface area contributed by atoms with Crippen LogP contribution in [0.25, 0.3) is 0 Å². The molecule has 2 rings (SSSR count). The molecule has 0 spiro atoms. The summed E-state index contributed by atoms with van der Waals surface area (Å²) in [6, 6.07) is 0. The Bertz CT molecular complexity index is 321. The number of nitrogens with one attached hydrogen (secondary N) is 1. The summed E-state index contributed by atoms with van der Waals surface area (Å²) in [7, 11) is 0. The molecule has 1 atom stereocenters. The molecule has 1 aliphatic heterocycles. The van der Waals surface area contributed by atoms with Crippen molar-refractivity contribution in [3.8, 4) is 0 Å². The quantitative estimate of drug-likeness (QED) is 0.760. The molecule has 1 aromatic heterocycles. The smallest absolute Gasteiger partial charge is 0.195 e. The van der Waals surface area contributed by atoms with E-state index in [2.05, 4.69) is 17.2 Å². The van der Waals surface area contributed by atoms with Gasteiger partial charge in [-0.1, -0.05) is 6.92 Å². The van der Waals surface area contributed by atoms with E-state index >= 15 is 0 Å². The number of oxazole rings is 1. The van der Waals surface area contributed by atoms with E-state index in [0.717, 1.165) is 37.6 Å². The van der Waals surface area contributed by atoms with Gasteiger partial charge in [0.25, 0.3) is 0 Å². The first-order valence-corrected chi connectivity index (χ1v) is 6.25. The number of nitrogens with zero attached hydrogens (tertiary/aromatic N) is 1. The van der Waals surface area contributed by atoms with Gasteiger partial charge < -0.3 is 19.2 Å². The van der Waals surface area contributed by atoms with Gasteiger partial charge in [0.1, 0.15) is 6.10 Å². The van der Waals surface area contributed by atoms with Crippen molar-refractivity contribution < 1.29 is 13.9 Å². The molecule has 1 N–H and O–H groups in total. The molecular formula is C12H20N2O3. The van der Waals surface area contributed by atoms with Gasteiger partial charge in [-0.2, -0.15) is 0 Å². The highest BCUT2D eigenvalue weighted by Gasteiger charge is 2.20. The molecule has 0 aliphatic carbocycles. The maximum atomic E-state index is 5.65. The minimum atomic E-state index is -0.0893. The lowest BCUT2D eigenvalue weighted by Crippen LogP contribution is -2.21. The molecule has 1 unspecified atom stereocenters. The standard InChI is InChI=1S/C12H20N2O3/c1-2-4-13-5-3-12-14-8-10(17-12)11-9-15-6-7-16-11/h8,11,13H,2-7,9H2,1H3. The Hall–Kier alpha value is -0.910. The third-order valence-corrected chi connectivity index (χ3v) is 2.65. The van der Waals surface area contributed by atoms with Crippen LogP contribution >= 0.6 is 0 Å². The maximum Gasteiger partial charge on any atom is 0.195 e. The molecule has 0 bridgehead atoms. The second-order valence-electron chi connectivity index (χ2n) is 4.09. The topological polar surface area (TPSA) is 56.5 Å². The number of hydrogen-bond acceptors (Lipinski definition) is 5. The number of rotatable bonds is 6. The zero-order chi connectivity index (χ0) is 11.9. The average molecular weight is 240 g/mol. The fraction of sp³-hybridized carbons (Fsp3) is 0.750. The Balaban J connectivity index is 1.78. The second-order valence-corrected chi connectivity index (χ2v) is 4.09. The average Bonchev–Trinajstić information content (AvgIpc) is 2.85. The van der Waals surface area contributed by atoms with Crippen molar-refractivity contribution in [3.63, 3.8) is 0 Å². The summed E-state index contributed by atoms with van der Waals surface area (Å²) in [5.41, 5.74) is 0. The zero-order valence-electron chi connectivity index (χ0n) is 10.3. The van der Waals surface area contributed by atoms with Crippen LogP contribution in [-0.2, 0) is 15.9 Å². The molecule has 1 fully saturated rings. The van der Waals surface area contributed by atoms with Gasteiger partial charge in [0.05, 0.1) is 26.0 Å². The fourth-order valence-corrected chi connectivity index (χ4v) is 1.74. The SMILES string of the molecule is CCCNCCc1ncc(C2COCCO2)o1. The highest BCUT2D eigenvalue weighted by atomic mass is 16.6. The van der Waals surface area contributed by atoms with Gasteiger partial charge in [0, 0.05) is 13.0 Å². The van der Waals surface area contributed by atoms with Crippen LogP contribution in [0.2, 0.25) is 0 Å². The van der Waals surface area contributed by atoms with E-state index in [4.69, 9.17) is 13.9 Å². The van der Waals surface area contributed by atoms with Gasteiger partial charge in [0.15, 0.2) is 11.7 Å². The van der Waals surface area contributed by atoms with Crippen molar-refractivity contribution in [3.05, 3.63) is 17.8 Å². The highest BCUT2D eigenvalue weighted by Crippen LogP contribution is 2.21. The summed E-state index contributed by atoms with van der Waals surface area (Å²) in [5, 5.41) is 3.32. The summed E-state index contributed by atoms with van der Waals surface area (Å²) in [6.07, 6.45) is 3.61. The van der Waals surface area contributed by atoms with Crippen LogP contribution in [0.1, 0.15) is 31.1 Å². The lowest BCUT2D eigenvalue weighted by molar-refractivity contribution is -0.0978. The molecule has 0 aromatic carbocycles. The minimum Gasteiger partial charge on any atom is -0.443 e. The Kier molecular flexibility index (Phi) is 4.97. The first kappa shape index (κ1) is 12.5. The predicted octanol–water partition coefficient (Wildman–Crippen LogP) is 1.30. The van der Waals surface area contributed by atoms with Crippen LogP contribution in [0.4, 0.5) is 0 Å². The van der Waals surface area contributed by atoms with Crippen LogP contribution in [0, 0.1) is 0 Å². The Morgan fingerprint density at radius 3 is 3.12 bits per heavy atom. The van der Waals surface area contributed by atoms with Gasteiger partial charge in [-0.15, -0.1) is 0 Å². The normalized spacial score (nSPS) is 20.6. The summed E-state index contributed by atoms with van der Waals surface area (Å²) in [6.45, 7) is 5.93. The molecule has 5 heteroatoms. The van der Waals surface area contributed by atoms with Crippen molar-refractivity contribution >= 4 is 0 Å². The van der Waals surface area contributed by atoms with E-state index in [1.165, 1.54) is 0 Å². The van der Waals surface area contributed by atoms with Crippen LogP contribution in [0.5, 0.6) is 0 Å². The van der Waals surface area contributed by atoms with E-state index in [-0.39, 0.29) is 6.10 Å². The fourth-order valence-electron chi connectivity index (χ4n) is 1.74. The van der Waals surface area contributed by atoms with Crippen molar-refractivity contribution in [1.82, 2.24) is 10.3 Å². The Morgan fingerprint density at radius 2 is 2.35 bits per heavy atom. The van der Waals surface area contributed by atoms with E-state index in [1.807, 2.05) is 0 Å². The molecule has 1 aliphatic rings. The molecule has 0 radical (unpaired) electrons. The van der Waals surface area contributed by atoms with Gasteiger partial charge in [-0.3, -0.25) is 0 Å². The van der Waals surface area contributed by atoms with E-state index in [1.54, 1.807) is 6.20 Å². The largest absolute Gasteiger partial charge is 0.443 e. The molecule has 0 amide bonds. The Labute approximate surface area is 102 Å². The summed E-state index contributed by atoms with van der Waals surface area (Å²) in [5.74, 6) is 1.54. The number of aromatic nitrogens is 1. The minimum absolute atomic E-state index is 0.0893. The van der Waals surface area contributed by atoms with Crippen LogP contribution in [0.3, 0.4) is 0 Å². The lowest BCUT2D eigenvalue weighted by Gasteiger charge is -2.20. The monoisotopic (exact) mass is 240 g/mol. The van der Waals surface area contributed by atoms with Gasteiger partial charge in [0.2, 0.25) is 0 Å². The first-order valence-electron chi connectivity index (χ1n) is 6.25. The predicted molar refractivity (Wildman–Crippen MR) is 62.9 cm³/mol. The van der Waals surface area contributed by atoms with Crippen LogP contribution in [0.15, 0.2) is 10.6 Å². The molecule has 1 aromatic rings. The number of hydrogen-bond donors (Lipinski definition) is 1. The van der Waals surface area contributed by atoms with Crippen LogP contribution < -0.4 is 5.32 Å². The molecule has 5 nitrogen and oxygen atoms in total. The van der Waals surface area contributed by atoms with E-state index in [0.29, 0.717) is 19.8 Å². The lowest BCUT2D eigenvalue weighted by atomic mass is 10.3. The van der Waals surface area contributed by atoms with Crippen molar-refractivity contribution in [2.24, 2.45) is 0 Å². The van der Waals surface area contributed by atoms with Gasteiger partial charge >= 0.3 is 0 Å². The second kappa shape index (κ2) is 6.74. The summed E-state index contributed by atoms with van der Waals surface area (Å²) >= 11 is 0. The first-order chi connectivity index (χ1) is 8.40. The molecule has 0 saturated carbocycles. The molecule has 96 valence electrons. The molecule has 1 saturated heterocycles. The molecule has 2 heterocycles. The summed E-state index contributed by atoms with van der Waals surface area (Å²) < 4.78 is 16.5. The number of ether oxygens (including phenoxy) is 2. The van der Waals surface area contributed by atoms with E-state index < -0.39 is 0 Å².